The minimum Gasteiger partial charge on any atom is -0.434 e. The molecule has 166 valence electrons. The van der Waals surface area contributed by atoms with Crippen molar-refractivity contribution in [2.75, 3.05) is 33.4 Å². The van der Waals surface area contributed by atoms with Crippen LogP contribution in [-0.4, -0.2) is 84.2 Å². The summed E-state index contributed by atoms with van der Waals surface area (Å²) in [7, 11) is 1.72. The quantitative estimate of drug-likeness (QED) is 0.794. The van der Waals surface area contributed by atoms with Crippen LogP contribution in [0.2, 0.25) is 0 Å². The van der Waals surface area contributed by atoms with Crippen LogP contribution in [0.4, 0.5) is 18.0 Å². The molecule has 1 spiro atoms. The van der Waals surface area contributed by atoms with E-state index in [0.29, 0.717) is 31.4 Å². The summed E-state index contributed by atoms with van der Waals surface area (Å²) in [6.45, 7) is -0.602. The molecule has 1 N–H and O–H groups in total. The number of amides is 2. The van der Waals surface area contributed by atoms with Crippen molar-refractivity contribution in [3.63, 3.8) is 0 Å². The Kier molecular flexibility index (Phi) is 6.56. The van der Waals surface area contributed by atoms with Crippen LogP contribution in [0, 0.1) is 0 Å². The first-order chi connectivity index (χ1) is 14.1. The van der Waals surface area contributed by atoms with Gasteiger partial charge in [-0.1, -0.05) is 18.2 Å². The number of aliphatic hydroxyl groups excluding tert-OH is 1. The van der Waals surface area contributed by atoms with Crippen molar-refractivity contribution in [2.24, 2.45) is 0 Å². The third-order valence-corrected chi connectivity index (χ3v) is 5.79. The Hall–Kier alpha value is -2.33. The number of aliphatic hydroxyl groups is 1. The fourth-order valence-electron chi connectivity index (χ4n) is 3.87. The summed E-state index contributed by atoms with van der Waals surface area (Å²) in [4.78, 5) is 27.5. The molecule has 2 aliphatic heterocycles. The number of hydrogen-bond donors (Lipinski definition) is 1. The molecule has 2 aliphatic rings. The second kappa shape index (κ2) is 8.81. The number of alkyl halides is 3. The molecule has 1 aromatic carbocycles. The fraction of sp³-hybridized carbons (Fsp3) is 0.600. The summed E-state index contributed by atoms with van der Waals surface area (Å²) < 4.78 is 48.5. The zero-order chi connectivity index (χ0) is 21.9. The molecule has 2 saturated heterocycles. The van der Waals surface area contributed by atoms with E-state index in [0.717, 1.165) is 0 Å². The SMILES string of the molecule is CN(C(=O)c1ccccc1)C1COC2(CCN(C(=O)O[C@H](CO)C(F)(F)F)CC2)C1. The molecule has 10 heteroatoms. The lowest BCUT2D eigenvalue weighted by Crippen LogP contribution is -2.49. The van der Waals surface area contributed by atoms with E-state index in [-0.39, 0.29) is 25.0 Å². The van der Waals surface area contributed by atoms with Crippen molar-refractivity contribution < 1.29 is 37.3 Å². The van der Waals surface area contributed by atoms with Crippen LogP contribution in [-0.2, 0) is 9.47 Å². The van der Waals surface area contributed by atoms with Gasteiger partial charge in [-0.05, 0) is 31.4 Å². The average molecular weight is 430 g/mol. The van der Waals surface area contributed by atoms with E-state index in [1.54, 1.807) is 36.2 Å². The van der Waals surface area contributed by atoms with Crippen LogP contribution < -0.4 is 0 Å². The second-order valence-electron chi connectivity index (χ2n) is 7.72. The Labute approximate surface area is 172 Å². The van der Waals surface area contributed by atoms with Gasteiger partial charge >= 0.3 is 12.3 Å². The molecule has 0 saturated carbocycles. The Morgan fingerprint density at radius 1 is 1.30 bits per heavy atom. The molecule has 1 aromatic rings. The number of likely N-dealkylation sites (N-methyl/N-ethyl adjacent to an activating group) is 1. The second-order valence-corrected chi connectivity index (χ2v) is 7.72. The van der Waals surface area contributed by atoms with E-state index >= 15 is 0 Å². The summed E-state index contributed by atoms with van der Waals surface area (Å²) in [6.07, 6.45) is -7.01. The maximum atomic E-state index is 12.7. The number of rotatable bonds is 4. The molecule has 7 nitrogen and oxygen atoms in total. The lowest BCUT2D eigenvalue weighted by molar-refractivity contribution is -0.215. The predicted octanol–water partition coefficient (Wildman–Crippen LogP) is 2.44. The topological polar surface area (TPSA) is 79.3 Å². The molecule has 2 atom stereocenters. The van der Waals surface area contributed by atoms with Gasteiger partial charge in [-0.15, -0.1) is 0 Å². The number of likely N-dealkylation sites (tertiary alicyclic amines) is 1. The van der Waals surface area contributed by atoms with E-state index in [1.807, 2.05) is 6.07 Å². The first-order valence-electron chi connectivity index (χ1n) is 9.74. The van der Waals surface area contributed by atoms with Crippen LogP contribution in [0.3, 0.4) is 0 Å². The maximum absolute atomic E-state index is 12.7. The Morgan fingerprint density at radius 2 is 1.93 bits per heavy atom. The molecular weight excluding hydrogens is 405 g/mol. The Bertz CT molecular complexity index is 751. The average Bonchev–Trinajstić information content (AvgIpc) is 3.14. The standard InChI is InChI=1S/C20H25F3N2O5/c1-24(17(27)14-5-3-2-4-6-14)15-11-19(29-13-15)7-9-25(10-8-19)18(28)30-16(12-26)20(21,22)23/h2-6,15-16,26H,7-13H2,1H3/t15?,16-/m1/s1. The minimum atomic E-state index is -4.82. The summed E-state index contributed by atoms with van der Waals surface area (Å²) in [5.41, 5.74) is 0.0641. The fourth-order valence-corrected chi connectivity index (χ4v) is 3.87. The summed E-state index contributed by atoms with van der Waals surface area (Å²) in [5, 5.41) is 8.82. The molecule has 2 fully saturated rings. The Morgan fingerprint density at radius 3 is 2.50 bits per heavy atom. The lowest BCUT2D eigenvalue weighted by atomic mass is 9.87. The number of benzene rings is 1. The van der Waals surface area contributed by atoms with Gasteiger partial charge in [-0.25, -0.2) is 4.79 Å². The van der Waals surface area contributed by atoms with Gasteiger partial charge in [0.1, 0.15) is 0 Å². The van der Waals surface area contributed by atoms with Gasteiger partial charge in [0.15, 0.2) is 0 Å². The number of hydrogen-bond acceptors (Lipinski definition) is 5. The highest BCUT2D eigenvalue weighted by Crippen LogP contribution is 2.38. The number of nitrogens with zero attached hydrogens (tertiary/aromatic N) is 2. The van der Waals surface area contributed by atoms with Crippen LogP contribution >= 0.6 is 0 Å². The highest BCUT2D eigenvalue weighted by molar-refractivity contribution is 5.94. The Balaban J connectivity index is 1.53. The molecule has 0 radical (unpaired) electrons. The molecule has 2 heterocycles. The van der Waals surface area contributed by atoms with E-state index in [1.165, 1.54) is 4.90 Å². The molecule has 0 aliphatic carbocycles. The molecule has 0 aromatic heterocycles. The van der Waals surface area contributed by atoms with E-state index < -0.39 is 30.6 Å². The first kappa shape index (κ1) is 22.4. The van der Waals surface area contributed by atoms with Crippen molar-refractivity contribution in [3.05, 3.63) is 35.9 Å². The van der Waals surface area contributed by atoms with Gasteiger partial charge < -0.3 is 24.4 Å². The molecule has 0 bridgehead atoms. The summed E-state index contributed by atoms with van der Waals surface area (Å²) in [6, 6.07) is 8.79. The van der Waals surface area contributed by atoms with Gasteiger partial charge in [0.2, 0.25) is 6.10 Å². The van der Waals surface area contributed by atoms with E-state index in [9.17, 15) is 22.8 Å². The monoisotopic (exact) mass is 430 g/mol. The summed E-state index contributed by atoms with van der Waals surface area (Å²) in [5.74, 6) is -0.107. The van der Waals surface area contributed by atoms with E-state index in [4.69, 9.17) is 9.84 Å². The first-order valence-corrected chi connectivity index (χ1v) is 9.74. The number of piperidine rings is 1. The van der Waals surface area contributed by atoms with Crippen LogP contribution in [0.5, 0.6) is 0 Å². The maximum Gasteiger partial charge on any atom is 0.427 e. The molecule has 1 unspecified atom stereocenters. The molecule has 30 heavy (non-hydrogen) atoms. The third-order valence-electron chi connectivity index (χ3n) is 5.79. The number of ether oxygens (including phenoxy) is 2. The summed E-state index contributed by atoms with van der Waals surface area (Å²) >= 11 is 0. The van der Waals surface area contributed by atoms with Gasteiger partial charge in [0.05, 0.1) is 24.9 Å². The predicted molar refractivity (Wildman–Crippen MR) is 99.8 cm³/mol. The van der Waals surface area contributed by atoms with Gasteiger partial charge in [-0.3, -0.25) is 4.79 Å². The highest BCUT2D eigenvalue weighted by Gasteiger charge is 2.47. The van der Waals surface area contributed by atoms with Crippen molar-refractivity contribution in [3.8, 4) is 0 Å². The van der Waals surface area contributed by atoms with Crippen LogP contribution in [0.1, 0.15) is 29.6 Å². The van der Waals surface area contributed by atoms with Crippen LogP contribution in [0.25, 0.3) is 0 Å². The van der Waals surface area contributed by atoms with E-state index in [2.05, 4.69) is 4.74 Å². The van der Waals surface area contributed by atoms with Crippen LogP contribution in [0.15, 0.2) is 30.3 Å². The van der Waals surface area contributed by atoms with Crippen molar-refractivity contribution >= 4 is 12.0 Å². The number of carbonyl (C=O) groups is 2. The van der Waals surface area contributed by atoms with Gasteiger partial charge in [0.25, 0.3) is 5.91 Å². The normalized spacial score (nSPS) is 22.0. The van der Waals surface area contributed by atoms with Crippen molar-refractivity contribution in [2.45, 2.75) is 43.2 Å². The third kappa shape index (κ3) is 4.86. The minimum absolute atomic E-state index is 0.107. The zero-order valence-corrected chi connectivity index (χ0v) is 16.6. The largest absolute Gasteiger partial charge is 0.434 e. The van der Waals surface area contributed by atoms with Gasteiger partial charge in [0, 0.05) is 25.7 Å². The smallest absolute Gasteiger partial charge is 0.427 e. The molecular formula is C20H25F3N2O5. The molecule has 2 amide bonds. The van der Waals surface area contributed by atoms with Crippen molar-refractivity contribution in [1.82, 2.24) is 9.80 Å². The number of carbonyl (C=O) groups excluding carboxylic acids is 2. The zero-order valence-electron chi connectivity index (χ0n) is 16.6. The van der Waals surface area contributed by atoms with Crippen molar-refractivity contribution in [1.29, 1.82) is 0 Å². The highest BCUT2D eigenvalue weighted by atomic mass is 19.4. The lowest BCUT2D eigenvalue weighted by Gasteiger charge is -2.38. The number of halogens is 3. The molecule has 3 rings (SSSR count). The van der Waals surface area contributed by atoms with Gasteiger partial charge in [-0.2, -0.15) is 13.2 Å².